The molecule has 1 unspecified atom stereocenters. The second kappa shape index (κ2) is 6.42. The normalized spacial score (nSPS) is 17.6. The van der Waals surface area contributed by atoms with Crippen LogP contribution in [0.4, 0.5) is 4.39 Å². The Hall–Kier alpha value is -0.520. The van der Waals surface area contributed by atoms with E-state index >= 15 is 0 Å². The lowest BCUT2D eigenvalue weighted by atomic mass is 10.0. The van der Waals surface area contributed by atoms with Crippen LogP contribution in [0.2, 0.25) is 0 Å². The molecule has 2 nitrogen and oxygen atoms in total. The molecular weight excluding hydrogens is 279 g/mol. The first-order valence-electron chi connectivity index (χ1n) is 5.11. The van der Waals surface area contributed by atoms with E-state index in [-0.39, 0.29) is 24.3 Å². The van der Waals surface area contributed by atoms with E-state index in [4.69, 9.17) is 12.2 Å². The first-order valence-corrected chi connectivity index (χ1v) is 6.50. The summed E-state index contributed by atoms with van der Waals surface area (Å²) in [5.74, 6) is 0.839. The number of fused-ring (bicyclic) bond motifs is 1. The molecule has 0 aromatic heterocycles. The highest BCUT2D eigenvalue weighted by Crippen LogP contribution is 2.36. The number of rotatable bonds is 1. The van der Waals surface area contributed by atoms with Gasteiger partial charge in [-0.05, 0) is 42.4 Å². The third-order valence-electron chi connectivity index (χ3n) is 2.54. The molecule has 0 fully saturated rings. The van der Waals surface area contributed by atoms with Crippen LogP contribution in [-0.4, -0.2) is 17.9 Å². The van der Waals surface area contributed by atoms with Gasteiger partial charge in [0.05, 0.1) is 6.04 Å². The van der Waals surface area contributed by atoms with Crippen molar-refractivity contribution in [2.75, 3.05) is 12.8 Å². The number of thiocarbonyl (C=S) groups is 1. The summed E-state index contributed by atoms with van der Waals surface area (Å²) in [7, 11) is 1.78. The Morgan fingerprint density at radius 1 is 1.53 bits per heavy atom. The van der Waals surface area contributed by atoms with Gasteiger partial charge < -0.3 is 10.6 Å². The number of halogens is 2. The largest absolute Gasteiger partial charge is 0.366 e. The van der Waals surface area contributed by atoms with E-state index in [0.29, 0.717) is 5.11 Å². The molecule has 0 radical (unpaired) electrons. The molecule has 0 amide bonds. The lowest BCUT2D eigenvalue weighted by molar-refractivity contribution is 0.583. The first kappa shape index (κ1) is 14.5. The highest BCUT2D eigenvalue weighted by atomic mass is 35.5. The zero-order valence-electron chi connectivity index (χ0n) is 9.33. The van der Waals surface area contributed by atoms with Crippen molar-refractivity contribution in [3.8, 4) is 0 Å². The number of thioether (sulfide) groups is 1. The van der Waals surface area contributed by atoms with Crippen LogP contribution in [-0.2, 0) is 0 Å². The Bertz CT molecular complexity index is 414. The minimum Gasteiger partial charge on any atom is -0.366 e. The standard InChI is InChI=1S/C11H13FN2S2.ClH/c1-13-11(15)14-9-4-5-16-10-3-2-7(12)6-8(9)10;/h2-3,6,9H,4-5H2,1H3,(H2,13,14,15);1H. The van der Waals surface area contributed by atoms with Crippen LogP contribution >= 0.6 is 36.4 Å². The lowest BCUT2D eigenvalue weighted by Crippen LogP contribution is -2.36. The molecule has 1 aromatic rings. The molecule has 17 heavy (non-hydrogen) atoms. The van der Waals surface area contributed by atoms with Gasteiger partial charge in [-0.15, -0.1) is 24.2 Å². The fraction of sp³-hybridized carbons (Fsp3) is 0.364. The zero-order valence-corrected chi connectivity index (χ0v) is 11.8. The number of hydrogen-bond acceptors (Lipinski definition) is 2. The third-order valence-corrected chi connectivity index (χ3v) is 3.99. The van der Waals surface area contributed by atoms with Crippen LogP contribution in [0.5, 0.6) is 0 Å². The summed E-state index contributed by atoms with van der Waals surface area (Å²) in [5, 5.41) is 6.67. The van der Waals surface area contributed by atoms with Crippen LogP contribution in [0, 0.1) is 5.82 Å². The number of nitrogens with one attached hydrogen (secondary N) is 2. The van der Waals surface area contributed by atoms with Gasteiger partial charge in [0.15, 0.2) is 5.11 Å². The van der Waals surface area contributed by atoms with E-state index < -0.39 is 0 Å². The van der Waals surface area contributed by atoms with E-state index in [9.17, 15) is 4.39 Å². The van der Waals surface area contributed by atoms with Crippen molar-refractivity contribution >= 4 is 41.5 Å². The fourth-order valence-electron chi connectivity index (χ4n) is 1.75. The highest BCUT2D eigenvalue weighted by molar-refractivity contribution is 7.99. The Kier molecular flexibility index (Phi) is 5.49. The van der Waals surface area contributed by atoms with Gasteiger partial charge in [-0.25, -0.2) is 4.39 Å². The Labute approximate surface area is 116 Å². The van der Waals surface area contributed by atoms with Crippen LogP contribution in [0.3, 0.4) is 0 Å². The van der Waals surface area contributed by atoms with Gasteiger partial charge in [-0.2, -0.15) is 0 Å². The summed E-state index contributed by atoms with van der Waals surface area (Å²) >= 11 is 6.84. The van der Waals surface area contributed by atoms with Crippen LogP contribution < -0.4 is 10.6 Å². The van der Waals surface area contributed by atoms with Crippen molar-refractivity contribution in [2.45, 2.75) is 17.4 Å². The first-order chi connectivity index (χ1) is 7.70. The topological polar surface area (TPSA) is 24.1 Å². The van der Waals surface area contributed by atoms with Crippen LogP contribution in [0.1, 0.15) is 18.0 Å². The van der Waals surface area contributed by atoms with Crippen molar-refractivity contribution < 1.29 is 4.39 Å². The highest BCUT2D eigenvalue weighted by Gasteiger charge is 2.21. The van der Waals surface area contributed by atoms with Gasteiger partial charge in [0, 0.05) is 17.7 Å². The Balaban J connectivity index is 0.00000144. The van der Waals surface area contributed by atoms with Gasteiger partial charge in [0.1, 0.15) is 5.82 Å². The summed E-state index contributed by atoms with van der Waals surface area (Å²) in [6.45, 7) is 0. The van der Waals surface area contributed by atoms with Crippen LogP contribution in [0.25, 0.3) is 0 Å². The van der Waals surface area contributed by atoms with Crippen molar-refractivity contribution in [1.29, 1.82) is 0 Å². The third kappa shape index (κ3) is 3.47. The molecule has 1 aromatic carbocycles. The second-order valence-electron chi connectivity index (χ2n) is 3.60. The number of benzene rings is 1. The summed E-state index contributed by atoms with van der Waals surface area (Å²) < 4.78 is 13.2. The molecule has 6 heteroatoms. The summed E-state index contributed by atoms with van der Waals surface area (Å²) in [5.41, 5.74) is 1.01. The van der Waals surface area contributed by atoms with Crippen molar-refractivity contribution in [2.24, 2.45) is 0 Å². The maximum atomic E-state index is 13.2. The predicted molar refractivity (Wildman–Crippen MR) is 76.5 cm³/mol. The summed E-state index contributed by atoms with van der Waals surface area (Å²) in [4.78, 5) is 1.14. The molecule has 0 bridgehead atoms. The molecular formula is C11H14ClFN2S2. The monoisotopic (exact) mass is 292 g/mol. The van der Waals surface area contributed by atoms with Crippen molar-refractivity contribution in [3.63, 3.8) is 0 Å². The molecule has 0 saturated carbocycles. The summed E-state index contributed by atoms with van der Waals surface area (Å²) in [6, 6.07) is 5.06. The van der Waals surface area contributed by atoms with Crippen molar-refractivity contribution in [1.82, 2.24) is 10.6 Å². The Morgan fingerprint density at radius 2 is 2.29 bits per heavy atom. The smallest absolute Gasteiger partial charge is 0.166 e. The molecule has 0 saturated heterocycles. The number of hydrogen-bond donors (Lipinski definition) is 2. The Morgan fingerprint density at radius 3 is 3.00 bits per heavy atom. The van der Waals surface area contributed by atoms with Gasteiger partial charge in [0.2, 0.25) is 0 Å². The SMILES string of the molecule is CNC(=S)NC1CCSc2ccc(F)cc21.Cl. The van der Waals surface area contributed by atoms with Crippen molar-refractivity contribution in [3.05, 3.63) is 29.6 Å². The van der Waals surface area contributed by atoms with Gasteiger partial charge in [-0.1, -0.05) is 0 Å². The maximum Gasteiger partial charge on any atom is 0.166 e. The molecule has 2 rings (SSSR count). The molecule has 2 N–H and O–H groups in total. The van der Waals surface area contributed by atoms with Crippen LogP contribution in [0.15, 0.2) is 23.1 Å². The molecule has 1 aliphatic rings. The van der Waals surface area contributed by atoms with E-state index in [0.717, 1.165) is 22.6 Å². The molecule has 0 aliphatic carbocycles. The quantitative estimate of drug-likeness (QED) is 0.777. The van der Waals surface area contributed by atoms with Gasteiger partial charge in [0.25, 0.3) is 0 Å². The fourth-order valence-corrected chi connectivity index (χ4v) is 2.99. The minimum atomic E-state index is -0.191. The second-order valence-corrected chi connectivity index (χ2v) is 5.14. The average molecular weight is 293 g/mol. The van der Waals surface area contributed by atoms with Gasteiger partial charge in [-0.3, -0.25) is 0 Å². The van der Waals surface area contributed by atoms with E-state index in [1.807, 2.05) is 6.07 Å². The molecule has 0 spiro atoms. The predicted octanol–water partition coefficient (Wildman–Crippen LogP) is 2.88. The molecule has 1 aliphatic heterocycles. The lowest BCUT2D eigenvalue weighted by Gasteiger charge is -2.26. The average Bonchev–Trinajstić information content (AvgIpc) is 2.29. The van der Waals surface area contributed by atoms with E-state index in [1.54, 1.807) is 24.9 Å². The van der Waals surface area contributed by atoms with Gasteiger partial charge >= 0.3 is 0 Å². The summed E-state index contributed by atoms with van der Waals surface area (Å²) in [6.07, 6.45) is 0.961. The molecule has 94 valence electrons. The minimum absolute atomic E-state index is 0. The maximum absolute atomic E-state index is 13.2. The van der Waals surface area contributed by atoms with E-state index in [1.165, 1.54) is 6.07 Å². The molecule has 1 atom stereocenters. The molecule has 1 heterocycles. The zero-order chi connectivity index (χ0) is 11.5. The van der Waals surface area contributed by atoms with E-state index in [2.05, 4.69) is 10.6 Å².